The van der Waals surface area contributed by atoms with Crippen molar-refractivity contribution in [1.82, 2.24) is 14.7 Å². The van der Waals surface area contributed by atoms with E-state index in [2.05, 4.69) is 10.3 Å². The van der Waals surface area contributed by atoms with Gasteiger partial charge >= 0.3 is 18.0 Å². The van der Waals surface area contributed by atoms with Crippen LogP contribution in [0.25, 0.3) is 11.6 Å². The number of pyridine rings is 1. The van der Waals surface area contributed by atoms with E-state index in [0.29, 0.717) is 11.3 Å². The Kier molecular flexibility index (Phi) is 7.12. The van der Waals surface area contributed by atoms with Gasteiger partial charge in [0.05, 0.1) is 11.2 Å². The molecule has 0 saturated heterocycles. The number of imidazole rings is 1. The van der Waals surface area contributed by atoms with Crippen LogP contribution in [0.15, 0.2) is 60.4 Å². The summed E-state index contributed by atoms with van der Waals surface area (Å²) in [5.74, 6) is -1.45. The van der Waals surface area contributed by atoms with Gasteiger partial charge in [-0.15, -0.1) is 0 Å². The molecule has 0 radical (unpaired) electrons. The molecular formula is C24H25N3O6. The molecule has 3 aromatic rings. The van der Waals surface area contributed by atoms with Crippen LogP contribution in [-0.2, 0) is 32.1 Å². The second-order valence-corrected chi connectivity index (χ2v) is 8.18. The van der Waals surface area contributed by atoms with Gasteiger partial charge in [-0.05, 0) is 44.5 Å². The van der Waals surface area contributed by atoms with Crippen LogP contribution in [0.1, 0.15) is 37.9 Å². The molecule has 0 aliphatic heterocycles. The topological polar surface area (TPSA) is 119 Å². The number of amides is 1. The first kappa shape index (κ1) is 23.5. The summed E-state index contributed by atoms with van der Waals surface area (Å²) in [6.45, 7) is 5.30. The van der Waals surface area contributed by atoms with E-state index in [0.717, 1.165) is 5.56 Å². The number of esters is 1. The number of aromatic nitrogens is 2. The quantitative estimate of drug-likeness (QED) is 0.416. The number of carbonyl (C=O) groups excluding carboxylic acids is 2. The molecule has 0 saturated carbocycles. The van der Waals surface area contributed by atoms with Gasteiger partial charge in [0.2, 0.25) is 0 Å². The molecule has 9 heteroatoms. The van der Waals surface area contributed by atoms with Gasteiger partial charge < -0.3 is 19.0 Å². The summed E-state index contributed by atoms with van der Waals surface area (Å²) in [5, 5.41) is 11.8. The molecule has 2 heterocycles. The molecule has 0 unspecified atom stereocenters. The molecular weight excluding hydrogens is 426 g/mol. The number of nitrogens with zero attached hydrogens (tertiary/aromatic N) is 2. The van der Waals surface area contributed by atoms with E-state index >= 15 is 0 Å². The maximum Gasteiger partial charge on any atom is 0.412 e. The molecule has 2 N–H and O–H groups in total. The third-order valence-electron chi connectivity index (χ3n) is 4.33. The number of ether oxygens (including phenoxy) is 2. The summed E-state index contributed by atoms with van der Waals surface area (Å²) in [4.78, 5) is 40.6. The standard InChI is InChI=1S/C24H25N3O6/c1-24(2,3)33-21(28)14-20-25-17(19-11-7-8-12-27(19)20)13-18(22(29)30)26-23(31)32-15-16-9-5-4-6-10-16/h4-13H,14-15H2,1-3H3,(H,26,31)(H,29,30)/b18-13+. The van der Waals surface area contributed by atoms with E-state index < -0.39 is 29.3 Å². The van der Waals surface area contributed by atoms with E-state index in [-0.39, 0.29) is 18.7 Å². The number of nitrogens with one attached hydrogen (secondary N) is 1. The SMILES string of the molecule is CC(C)(C)OC(=O)Cc1nc(/C=C(/NC(=O)OCc2ccccc2)C(=O)O)c2ccccn12. The lowest BCUT2D eigenvalue weighted by Gasteiger charge is -2.19. The molecule has 0 fully saturated rings. The smallest absolute Gasteiger partial charge is 0.412 e. The summed E-state index contributed by atoms with van der Waals surface area (Å²) in [6, 6.07) is 14.3. The summed E-state index contributed by atoms with van der Waals surface area (Å²) >= 11 is 0. The van der Waals surface area contributed by atoms with Gasteiger partial charge in [-0.1, -0.05) is 36.4 Å². The van der Waals surface area contributed by atoms with Crippen LogP contribution in [0, 0.1) is 0 Å². The highest BCUT2D eigenvalue weighted by Crippen LogP contribution is 2.18. The predicted molar refractivity (Wildman–Crippen MR) is 120 cm³/mol. The van der Waals surface area contributed by atoms with Crippen molar-refractivity contribution in [2.45, 2.75) is 39.4 Å². The predicted octanol–water partition coefficient (Wildman–Crippen LogP) is 3.57. The Morgan fingerprint density at radius 1 is 1.09 bits per heavy atom. The van der Waals surface area contributed by atoms with Crippen molar-refractivity contribution in [2.75, 3.05) is 0 Å². The lowest BCUT2D eigenvalue weighted by Crippen LogP contribution is -2.27. The Morgan fingerprint density at radius 3 is 2.45 bits per heavy atom. The van der Waals surface area contributed by atoms with Crippen molar-refractivity contribution in [2.24, 2.45) is 0 Å². The molecule has 1 aromatic carbocycles. The average Bonchev–Trinajstić information content (AvgIpc) is 3.08. The number of carboxylic acid groups (broad SMARTS) is 1. The first-order chi connectivity index (χ1) is 15.6. The average molecular weight is 451 g/mol. The molecule has 0 aliphatic carbocycles. The zero-order valence-corrected chi connectivity index (χ0v) is 18.6. The minimum atomic E-state index is -1.36. The first-order valence-corrected chi connectivity index (χ1v) is 10.2. The van der Waals surface area contributed by atoms with Crippen LogP contribution in [-0.4, -0.2) is 38.1 Å². The van der Waals surface area contributed by atoms with E-state index in [1.807, 2.05) is 6.07 Å². The lowest BCUT2D eigenvalue weighted by atomic mass is 10.2. The van der Waals surface area contributed by atoms with Crippen LogP contribution in [0.4, 0.5) is 4.79 Å². The van der Waals surface area contributed by atoms with E-state index in [1.165, 1.54) is 6.08 Å². The number of aliphatic carboxylic acids is 1. The highest BCUT2D eigenvalue weighted by Gasteiger charge is 2.21. The Hall–Kier alpha value is -4.14. The number of alkyl carbamates (subject to hydrolysis) is 1. The largest absolute Gasteiger partial charge is 0.477 e. The molecule has 1 amide bonds. The van der Waals surface area contributed by atoms with Crippen LogP contribution < -0.4 is 5.32 Å². The molecule has 0 aliphatic rings. The van der Waals surface area contributed by atoms with Gasteiger partial charge in [0.25, 0.3) is 0 Å². The Morgan fingerprint density at radius 2 is 1.79 bits per heavy atom. The summed E-state index contributed by atoms with van der Waals surface area (Å²) < 4.78 is 12.1. The van der Waals surface area contributed by atoms with Crippen LogP contribution >= 0.6 is 0 Å². The summed E-state index contributed by atoms with van der Waals surface area (Å²) in [7, 11) is 0. The normalized spacial score (nSPS) is 11.8. The summed E-state index contributed by atoms with van der Waals surface area (Å²) in [5.41, 5.74) is 0.540. The Bertz CT molecular complexity index is 1190. The highest BCUT2D eigenvalue weighted by molar-refractivity contribution is 5.96. The van der Waals surface area contributed by atoms with Crippen molar-refractivity contribution in [3.63, 3.8) is 0 Å². The lowest BCUT2D eigenvalue weighted by molar-refractivity contribution is -0.154. The third-order valence-corrected chi connectivity index (χ3v) is 4.33. The third kappa shape index (κ3) is 6.67. The number of benzene rings is 1. The van der Waals surface area contributed by atoms with Crippen molar-refractivity contribution in [3.05, 3.63) is 77.5 Å². The van der Waals surface area contributed by atoms with Crippen LogP contribution in [0.5, 0.6) is 0 Å². The number of fused-ring (bicyclic) bond motifs is 1. The molecule has 33 heavy (non-hydrogen) atoms. The van der Waals surface area contributed by atoms with E-state index in [4.69, 9.17) is 9.47 Å². The highest BCUT2D eigenvalue weighted by atomic mass is 16.6. The van der Waals surface area contributed by atoms with E-state index in [1.54, 1.807) is 73.8 Å². The molecule has 0 bridgehead atoms. The second kappa shape index (κ2) is 9.99. The Labute approximate surface area is 190 Å². The number of hydrogen-bond donors (Lipinski definition) is 2. The van der Waals surface area contributed by atoms with Gasteiger partial charge in [-0.25, -0.2) is 14.6 Å². The first-order valence-electron chi connectivity index (χ1n) is 10.2. The number of carboxylic acids is 1. The fraction of sp³-hybridized carbons (Fsp3) is 0.250. The fourth-order valence-corrected chi connectivity index (χ4v) is 3.02. The number of carbonyl (C=O) groups is 3. The maximum absolute atomic E-state index is 12.3. The van der Waals surface area contributed by atoms with Crippen LogP contribution in [0.2, 0.25) is 0 Å². The minimum Gasteiger partial charge on any atom is -0.477 e. The minimum absolute atomic E-state index is 0.00693. The zero-order valence-electron chi connectivity index (χ0n) is 18.6. The van der Waals surface area contributed by atoms with Gasteiger partial charge in [-0.2, -0.15) is 0 Å². The fourth-order valence-electron chi connectivity index (χ4n) is 3.02. The van der Waals surface area contributed by atoms with Crippen molar-refractivity contribution < 1.29 is 29.0 Å². The van der Waals surface area contributed by atoms with Gasteiger partial charge in [-0.3, -0.25) is 10.1 Å². The van der Waals surface area contributed by atoms with Crippen molar-refractivity contribution in [3.8, 4) is 0 Å². The number of rotatable bonds is 7. The van der Waals surface area contributed by atoms with Gasteiger partial charge in [0.15, 0.2) is 0 Å². The monoisotopic (exact) mass is 451 g/mol. The number of hydrogen-bond acceptors (Lipinski definition) is 6. The molecule has 9 nitrogen and oxygen atoms in total. The van der Waals surface area contributed by atoms with E-state index in [9.17, 15) is 19.5 Å². The molecule has 0 atom stereocenters. The molecule has 2 aromatic heterocycles. The van der Waals surface area contributed by atoms with Gasteiger partial charge in [0.1, 0.15) is 30.2 Å². The Balaban J connectivity index is 1.82. The maximum atomic E-state index is 12.3. The molecule has 0 spiro atoms. The van der Waals surface area contributed by atoms with Crippen molar-refractivity contribution in [1.29, 1.82) is 0 Å². The molecule has 3 rings (SSSR count). The summed E-state index contributed by atoms with van der Waals surface area (Å²) in [6.07, 6.45) is 1.91. The molecule has 172 valence electrons. The van der Waals surface area contributed by atoms with Crippen molar-refractivity contribution >= 4 is 29.6 Å². The second-order valence-electron chi connectivity index (χ2n) is 8.18. The zero-order chi connectivity index (χ0) is 24.0. The van der Waals surface area contributed by atoms with Crippen LogP contribution in [0.3, 0.4) is 0 Å². The van der Waals surface area contributed by atoms with Gasteiger partial charge in [0, 0.05) is 6.20 Å².